The van der Waals surface area contributed by atoms with Gasteiger partial charge in [-0.2, -0.15) is 0 Å². The maximum atomic E-state index is 4.70. The molecule has 0 bridgehead atoms. The lowest BCUT2D eigenvalue weighted by atomic mass is 10.4. The third kappa shape index (κ3) is 2.33. The first-order valence-corrected chi connectivity index (χ1v) is 7.55. The summed E-state index contributed by atoms with van der Waals surface area (Å²) in [5.41, 5.74) is 2.63. The molecule has 0 aromatic carbocycles. The van der Waals surface area contributed by atoms with Gasteiger partial charge in [-0.3, -0.25) is 14.5 Å². The van der Waals surface area contributed by atoms with Crippen molar-refractivity contribution in [2.24, 2.45) is 0 Å². The Morgan fingerprint density at radius 2 is 1.73 bits per heavy atom. The summed E-state index contributed by atoms with van der Waals surface area (Å²) in [4.78, 5) is 18.5. The average molecular weight is 305 g/mol. The third-order valence-corrected chi connectivity index (χ3v) is 4.11. The van der Waals surface area contributed by atoms with Gasteiger partial charge in [-0.1, -0.05) is 11.8 Å². The first-order valence-electron chi connectivity index (χ1n) is 6.73. The van der Waals surface area contributed by atoms with Crippen LogP contribution in [-0.2, 0) is 0 Å². The molecule has 5 nitrogen and oxygen atoms in total. The van der Waals surface area contributed by atoms with Crippen molar-refractivity contribution in [1.29, 1.82) is 0 Å². The molecule has 106 valence electrons. The van der Waals surface area contributed by atoms with Crippen LogP contribution in [0.2, 0.25) is 0 Å². The third-order valence-electron chi connectivity index (χ3n) is 3.15. The Labute approximate surface area is 131 Å². The molecule has 4 rings (SSSR count). The fraction of sp³-hybridized carbons (Fsp3) is 0. The Morgan fingerprint density at radius 3 is 2.55 bits per heavy atom. The van der Waals surface area contributed by atoms with Gasteiger partial charge in [0.25, 0.3) is 0 Å². The molecular formula is C16H11N5S. The van der Waals surface area contributed by atoms with Gasteiger partial charge in [-0.25, -0.2) is 9.97 Å². The van der Waals surface area contributed by atoms with Crippen molar-refractivity contribution in [3.05, 3.63) is 67.4 Å². The fourth-order valence-corrected chi connectivity index (χ4v) is 3.09. The molecular weight excluding hydrogens is 294 g/mol. The molecule has 0 saturated heterocycles. The molecule has 0 fully saturated rings. The number of fused-ring (bicyclic) bond motifs is 1. The van der Waals surface area contributed by atoms with Crippen LogP contribution >= 0.6 is 11.8 Å². The van der Waals surface area contributed by atoms with Crippen LogP contribution in [0.15, 0.2) is 77.4 Å². The van der Waals surface area contributed by atoms with Crippen LogP contribution in [-0.4, -0.2) is 24.5 Å². The zero-order valence-electron chi connectivity index (χ0n) is 11.5. The molecule has 0 saturated carbocycles. The van der Waals surface area contributed by atoms with Gasteiger partial charge >= 0.3 is 0 Å². The maximum Gasteiger partial charge on any atom is 0.179 e. The molecule has 0 aliphatic carbocycles. The van der Waals surface area contributed by atoms with Crippen LogP contribution < -0.4 is 0 Å². The van der Waals surface area contributed by atoms with E-state index in [4.69, 9.17) is 4.98 Å². The summed E-state index contributed by atoms with van der Waals surface area (Å²) >= 11 is 1.58. The lowest BCUT2D eigenvalue weighted by Gasteiger charge is -2.07. The van der Waals surface area contributed by atoms with Crippen molar-refractivity contribution in [3.8, 4) is 5.69 Å². The summed E-state index contributed by atoms with van der Waals surface area (Å²) in [5.74, 6) is 0. The highest BCUT2D eigenvalue weighted by Gasteiger charge is 2.14. The van der Waals surface area contributed by atoms with E-state index in [1.54, 1.807) is 36.5 Å². The van der Waals surface area contributed by atoms with E-state index >= 15 is 0 Å². The van der Waals surface area contributed by atoms with Crippen molar-refractivity contribution >= 4 is 22.9 Å². The van der Waals surface area contributed by atoms with Crippen LogP contribution in [0, 0.1) is 0 Å². The zero-order valence-corrected chi connectivity index (χ0v) is 12.3. The van der Waals surface area contributed by atoms with E-state index in [2.05, 4.69) is 15.0 Å². The first kappa shape index (κ1) is 13.0. The minimum atomic E-state index is 0.826. The lowest BCUT2D eigenvalue weighted by molar-refractivity contribution is 0.902. The molecule has 0 radical (unpaired) electrons. The molecule has 0 aliphatic heterocycles. The van der Waals surface area contributed by atoms with Gasteiger partial charge in [0.1, 0.15) is 5.52 Å². The highest BCUT2D eigenvalue weighted by atomic mass is 32.2. The number of pyridine rings is 3. The van der Waals surface area contributed by atoms with Crippen molar-refractivity contribution in [2.75, 3.05) is 0 Å². The van der Waals surface area contributed by atoms with Crippen LogP contribution in [0.1, 0.15) is 0 Å². The topological polar surface area (TPSA) is 56.5 Å². The second kappa shape index (κ2) is 5.57. The Balaban J connectivity index is 1.90. The molecule has 0 N–H and O–H groups in total. The predicted molar refractivity (Wildman–Crippen MR) is 85.0 cm³/mol. The molecule has 4 aromatic heterocycles. The number of hydrogen-bond acceptors (Lipinski definition) is 5. The molecule has 6 heteroatoms. The largest absolute Gasteiger partial charge is 0.270 e. The van der Waals surface area contributed by atoms with E-state index in [0.717, 1.165) is 26.9 Å². The van der Waals surface area contributed by atoms with Gasteiger partial charge in [0.2, 0.25) is 0 Å². The minimum absolute atomic E-state index is 0.826. The zero-order chi connectivity index (χ0) is 14.8. The molecule has 0 amide bonds. The second-order valence-electron chi connectivity index (χ2n) is 4.57. The van der Waals surface area contributed by atoms with Crippen LogP contribution in [0.4, 0.5) is 0 Å². The fourth-order valence-electron chi connectivity index (χ4n) is 2.19. The number of imidazole rings is 1. The SMILES string of the molecule is c1cncc(-n2c(Sc3ccncc3)nc3cccnc32)c1. The van der Waals surface area contributed by atoms with Crippen LogP contribution in [0.3, 0.4) is 0 Å². The normalized spacial score (nSPS) is 10.9. The number of rotatable bonds is 3. The summed E-state index contributed by atoms with van der Waals surface area (Å²) < 4.78 is 2.02. The Morgan fingerprint density at radius 1 is 0.864 bits per heavy atom. The van der Waals surface area contributed by atoms with Gasteiger partial charge in [0.15, 0.2) is 10.8 Å². The van der Waals surface area contributed by atoms with Crippen molar-refractivity contribution in [3.63, 3.8) is 0 Å². The number of hydrogen-bond donors (Lipinski definition) is 0. The molecule has 0 spiro atoms. The van der Waals surface area contributed by atoms with Gasteiger partial charge in [-0.05, 0) is 36.4 Å². The predicted octanol–water partition coefficient (Wildman–Crippen LogP) is 3.36. The van der Waals surface area contributed by atoms with Gasteiger partial charge in [0, 0.05) is 29.7 Å². The average Bonchev–Trinajstić information content (AvgIpc) is 2.94. The van der Waals surface area contributed by atoms with Crippen molar-refractivity contribution in [1.82, 2.24) is 24.5 Å². The van der Waals surface area contributed by atoms with Gasteiger partial charge in [-0.15, -0.1) is 0 Å². The second-order valence-corrected chi connectivity index (χ2v) is 5.61. The summed E-state index contributed by atoms with van der Waals surface area (Å²) in [5, 5.41) is 0.855. The highest BCUT2D eigenvalue weighted by molar-refractivity contribution is 7.99. The van der Waals surface area contributed by atoms with Crippen LogP contribution in [0.5, 0.6) is 0 Å². The van der Waals surface area contributed by atoms with E-state index in [-0.39, 0.29) is 0 Å². The Bertz CT molecular complexity index is 906. The highest BCUT2D eigenvalue weighted by Crippen LogP contribution is 2.31. The summed E-state index contributed by atoms with van der Waals surface area (Å²) in [7, 11) is 0. The lowest BCUT2D eigenvalue weighted by Crippen LogP contribution is -1.97. The number of nitrogens with zero attached hydrogens (tertiary/aromatic N) is 5. The van der Waals surface area contributed by atoms with Crippen molar-refractivity contribution < 1.29 is 0 Å². The van der Waals surface area contributed by atoms with Gasteiger partial charge in [0.05, 0.1) is 11.9 Å². The van der Waals surface area contributed by atoms with E-state index in [9.17, 15) is 0 Å². The summed E-state index contributed by atoms with van der Waals surface area (Å²) in [6.45, 7) is 0. The molecule has 0 aliphatic rings. The van der Waals surface area contributed by atoms with Crippen LogP contribution in [0.25, 0.3) is 16.9 Å². The molecule has 0 unspecified atom stereocenters. The molecule has 0 atom stereocenters. The standard InChI is InChI=1S/C16H11N5S/c1-3-12(11-18-7-1)21-15-14(4-2-8-19-15)20-16(21)22-13-5-9-17-10-6-13/h1-11H. The smallest absolute Gasteiger partial charge is 0.179 e. The van der Waals surface area contributed by atoms with E-state index in [1.807, 2.05) is 47.2 Å². The first-order chi connectivity index (χ1) is 10.9. The quantitative estimate of drug-likeness (QED) is 0.581. The van der Waals surface area contributed by atoms with Crippen molar-refractivity contribution in [2.45, 2.75) is 10.1 Å². The Hall–Kier alpha value is -2.73. The Kier molecular flexibility index (Phi) is 3.29. The van der Waals surface area contributed by atoms with E-state index in [1.165, 1.54) is 0 Å². The van der Waals surface area contributed by atoms with E-state index in [0.29, 0.717) is 0 Å². The maximum absolute atomic E-state index is 4.70. The minimum Gasteiger partial charge on any atom is -0.270 e. The monoisotopic (exact) mass is 305 g/mol. The summed E-state index contributed by atoms with van der Waals surface area (Å²) in [6, 6.07) is 11.7. The van der Waals surface area contributed by atoms with E-state index < -0.39 is 0 Å². The number of aromatic nitrogens is 5. The molecule has 22 heavy (non-hydrogen) atoms. The molecule has 4 aromatic rings. The van der Waals surface area contributed by atoms with Gasteiger partial charge < -0.3 is 0 Å². The molecule has 4 heterocycles. The summed E-state index contributed by atoms with van der Waals surface area (Å²) in [6.07, 6.45) is 8.89.